The summed E-state index contributed by atoms with van der Waals surface area (Å²) in [5.74, 6) is -1.87. The lowest BCUT2D eigenvalue weighted by atomic mass is 9.74. The number of nitrogens with zero attached hydrogens (tertiary/aromatic N) is 2. The molecule has 0 aliphatic heterocycles. The van der Waals surface area contributed by atoms with Crippen LogP contribution in [0.2, 0.25) is 0 Å². The molecule has 2 aromatic carbocycles. The third-order valence-corrected chi connectivity index (χ3v) is 13.3. The number of benzene rings is 2. The van der Waals surface area contributed by atoms with Crippen molar-refractivity contribution in [1.29, 1.82) is 0 Å². The van der Waals surface area contributed by atoms with E-state index in [2.05, 4.69) is 37.7 Å². The van der Waals surface area contributed by atoms with Crippen molar-refractivity contribution in [3.05, 3.63) is 88.4 Å². The molecule has 0 saturated carbocycles. The van der Waals surface area contributed by atoms with Gasteiger partial charge in [-0.15, -0.1) is 0 Å². The number of anilines is 2. The molecule has 338 valence electrons. The van der Waals surface area contributed by atoms with E-state index in [0.29, 0.717) is 11.1 Å². The Morgan fingerprint density at radius 3 is 1.21 bits per heavy atom. The van der Waals surface area contributed by atoms with Crippen LogP contribution in [0.3, 0.4) is 0 Å². The van der Waals surface area contributed by atoms with Gasteiger partial charge in [-0.3, -0.25) is 9.59 Å². The third kappa shape index (κ3) is 16.4. The van der Waals surface area contributed by atoms with E-state index < -0.39 is 5.92 Å². The zero-order valence-electron chi connectivity index (χ0n) is 39.1. The molecule has 6 nitrogen and oxygen atoms in total. The first kappa shape index (κ1) is 49.9. The number of aliphatic hydroxyl groups is 1. The maximum Gasteiger partial charge on any atom is 0.192 e. The average Bonchev–Trinajstić information content (AvgIpc) is 3.27. The van der Waals surface area contributed by atoms with Crippen molar-refractivity contribution in [3.63, 3.8) is 0 Å². The van der Waals surface area contributed by atoms with Crippen LogP contribution in [0.25, 0.3) is 5.57 Å². The molecular weight excluding hydrogens is 753 g/mol. The van der Waals surface area contributed by atoms with E-state index in [9.17, 15) is 19.8 Å². The largest absolute Gasteiger partial charge is 0.871 e. The van der Waals surface area contributed by atoms with Crippen molar-refractivity contribution in [2.45, 2.75) is 200 Å². The zero-order chi connectivity index (χ0) is 43.7. The van der Waals surface area contributed by atoms with E-state index in [0.717, 1.165) is 37.3 Å². The minimum atomic E-state index is -0.764. The van der Waals surface area contributed by atoms with Crippen molar-refractivity contribution in [3.8, 4) is 0 Å². The molecule has 0 amide bonds. The Bertz CT molecular complexity index is 1670. The summed E-state index contributed by atoms with van der Waals surface area (Å²) in [5, 5.41) is 24.1. The SMILES string of the molecule is CCCCCCCCCCCCCCCCN(C)c1ccc(C2=C([O-])/C(=C/C3=C(O)C(c4ccc(N(C)CCCCCCCCCCCCCCCC)cc4)C3=O)C2=O)cc1. The molecule has 2 aliphatic carbocycles. The van der Waals surface area contributed by atoms with Crippen molar-refractivity contribution in [2.75, 3.05) is 37.0 Å². The molecule has 0 bridgehead atoms. The molecule has 0 aromatic heterocycles. The number of rotatable bonds is 35. The molecule has 0 spiro atoms. The van der Waals surface area contributed by atoms with Crippen LogP contribution in [-0.2, 0) is 9.59 Å². The van der Waals surface area contributed by atoms with Gasteiger partial charge in [0, 0.05) is 49.7 Å². The standard InChI is InChI=1S/C55H84N2O4/c1-5-7-9-11-13-15-17-19-21-23-25-27-29-31-41-56(3)46-37-33-44(34-38-46)50-52(58)48(53(50)59)43-49-54(60)51(55(49)61)45-35-39-47(40-36-45)57(4)42-32-30-28-26-24-22-20-18-16-14-12-10-8-6-2/h33-40,43,50,58,60H,5-32,41-42H2,1-4H3/p-1/b49-43-. The third-order valence-electron chi connectivity index (χ3n) is 13.3. The van der Waals surface area contributed by atoms with Gasteiger partial charge in [-0.1, -0.05) is 211 Å². The van der Waals surface area contributed by atoms with Gasteiger partial charge in [0.1, 0.15) is 11.7 Å². The Hall–Kier alpha value is -3.80. The highest BCUT2D eigenvalue weighted by molar-refractivity contribution is 6.39. The van der Waals surface area contributed by atoms with Gasteiger partial charge in [0.25, 0.3) is 0 Å². The fourth-order valence-electron chi connectivity index (χ4n) is 9.04. The maximum absolute atomic E-state index is 13.2. The molecular formula is C55H83N2O4-. The summed E-state index contributed by atoms with van der Waals surface area (Å²) >= 11 is 0. The minimum absolute atomic E-state index is 0.0391. The van der Waals surface area contributed by atoms with Gasteiger partial charge < -0.3 is 20.0 Å². The Morgan fingerprint density at radius 2 is 0.869 bits per heavy atom. The molecule has 0 fully saturated rings. The highest BCUT2D eigenvalue weighted by Crippen LogP contribution is 2.42. The van der Waals surface area contributed by atoms with Crippen molar-refractivity contribution >= 4 is 28.5 Å². The minimum Gasteiger partial charge on any atom is -0.871 e. The second-order valence-corrected chi connectivity index (χ2v) is 18.4. The first-order valence-electron chi connectivity index (χ1n) is 25.1. The van der Waals surface area contributed by atoms with Gasteiger partial charge in [0.15, 0.2) is 11.6 Å². The lowest BCUT2D eigenvalue weighted by Gasteiger charge is -2.33. The van der Waals surface area contributed by atoms with E-state index in [4.69, 9.17) is 0 Å². The summed E-state index contributed by atoms with van der Waals surface area (Å²) < 4.78 is 0. The van der Waals surface area contributed by atoms with Crippen molar-refractivity contribution in [1.82, 2.24) is 0 Å². The number of ketones is 2. The van der Waals surface area contributed by atoms with Crippen LogP contribution in [0, 0.1) is 0 Å². The monoisotopic (exact) mass is 836 g/mol. The Morgan fingerprint density at radius 1 is 0.525 bits per heavy atom. The Balaban J connectivity index is 1.12. The second kappa shape index (κ2) is 28.7. The summed E-state index contributed by atoms with van der Waals surface area (Å²) in [6.07, 6.45) is 39.0. The summed E-state index contributed by atoms with van der Waals surface area (Å²) in [6.45, 7) is 6.49. The lowest BCUT2D eigenvalue weighted by Crippen LogP contribution is -2.32. The fourth-order valence-corrected chi connectivity index (χ4v) is 9.04. The topological polar surface area (TPSA) is 83.9 Å². The Labute approximate surface area is 372 Å². The molecule has 4 rings (SSSR count). The van der Waals surface area contributed by atoms with Crippen LogP contribution < -0.4 is 14.9 Å². The molecule has 2 aliphatic rings. The predicted molar refractivity (Wildman–Crippen MR) is 257 cm³/mol. The summed E-state index contributed by atoms with van der Waals surface area (Å²) in [4.78, 5) is 30.8. The van der Waals surface area contributed by atoms with Crippen LogP contribution in [0.4, 0.5) is 11.4 Å². The van der Waals surface area contributed by atoms with Crippen LogP contribution in [0.5, 0.6) is 0 Å². The highest BCUT2D eigenvalue weighted by atomic mass is 16.3. The summed E-state index contributed by atoms with van der Waals surface area (Å²) in [6, 6.07) is 15.4. The van der Waals surface area contributed by atoms with Gasteiger partial charge in [0.05, 0.1) is 5.57 Å². The molecule has 0 saturated heterocycles. The average molecular weight is 836 g/mol. The summed E-state index contributed by atoms with van der Waals surface area (Å²) in [7, 11) is 4.18. The van der Waals surface area contributed by atoms with Crippen molar-refractivity contribution < 1.29 is 19.8 Å². The van der Waals surface area contributed by atoms with Crippen LogP contribution in [-0.4, -0.2) is 43.9 Å². The molecule has 6 heteroatoms. The van der Waals surface area contributed by atoms with E-state index >= 15 is 0 Å². The van der Waals surface area contributed by atoms with E-state index in [1.54, 1.807) is 0 Å². The van der Waals surface area contributed by atoms with E-state index in [1.807, 2.05) is 48.5 Å². The van der Waals surface area contributed by atoms with Gasteiger partial charge in [0.2, 0.25) is 0 Å². The molecule has 1 N–H and O–H groups in total. The number of carbonyl (C=O) groups excluding carboxylic acids is 2. The van der Waals surface area contributed by atoms with Crippen LogP contribution >= 0.6 is 0 Å². The second-order valence-electron chi connectivity index (χ2n) is 18.4. The number of aliphatic hydroxyl groups excluding tert-OH is 1. The summed E-state index contributed by atoms with van der Waals surface area (Å²) in [5.41, 5.74) is 3.60. The van der Waals surface area contributed by atoms with Crippen LogP contribution in [0.1, 0.15) is 211 Å². The fraction of sp³-hybridized carbons (Fsp3) is 0.636. The van der Waals surface area contributed by atoms with E-state index in [-0.39, 0.29) is 39.8 Å². The normalized spacial score (nSPS) is 15.8. The molecule has 61 heavy (non-hydrogen) atoms. The number of Topliss-reactive ketones (excluding diaryl/α,β-unsaturated/α-hetero) is 2. The number of allylic oxidation sites excluding steroid dienone is 5. The first-order valence-corrected chi connectivity index (χ1v) is 25.1. The van der Waals surface area contributed by atoms with Gasteiger partial charge in [-0.05, 0) is 54.3 Å². The van der Waals surface area contributed by atoms with Crippen LogP contribution in [0.15, 0.2) is 77.3 Å². The highest BCUT2D eigenvalue weighted by Gasteiger charge is 2.41. The molecule has 1 unspecified atom stereocenters. The Kier molecular flexibility index (Phi) is 23.5. The first-order chi connectivity index (χ1) is 29.8. The lowest BCUT2D eigenvalue weighted by molar-refractivity contribution is -0.297. The zero-order valence-corrected chi connectivity index (χ0v) is 39.1. The number of carbonyl (C=O) groups is 2. The number of unbranched alkanes of at least 4 members (excludes halogenated alkanes) is 26. The van der Waals surface area contributed by atoms with Crippen molar-refractivity contribution in [2.24, 2.45) is 0 Å². The predicted octanol–water partition coefficient (Wildman–Crippen LogP) is 14.3. The molecule has 2 aromatic rings. The van der Waals surface area contributed by atoms with E-state index in [1.165, 1.54) is 173 Å². The molecule has 1 atom stereocenters. The smallest absolute Gasteiger partial charge is 0.192 e. The molecule has 0 heterocycles. The van der Waals surface area contributed by atoms with Gasteiger partial charge in [-0.2, -0.15) is 0 Å². The molecule has 0 radical (unpaired) electrons. The quantitative estimate of drug-likeness (QED) is 0.0550. The maximum atomic E-state index is 13.2. The number of hydrogen-bond acceptors (Lipinski definition) is 6. The number of hydrogen-bond donors (Lipinski definition) is 1. The van der Waals surface area contributed by atoms with Gasteiger partial charge >= 0.3 is 0 Å². The van der Waals surface area contributed by atoms with Gasteiger partial charge in [-0.25, -0.2) is 0 Å².